The first-order valence-electron chi connectivity index (χ1n) is 7.40. The Balaban J connectivity index is 1.79. The number of β-amino-alcohol motifs (C(OH)–C–C–N with tert-alkyl or cyclic N) is 1. The molecule has 1 aliphatic heterocycles. The molecular weight excluding hydrogens is 307 g/mol. The predicted octanol–water partition coefficient (Wildman–Crippen LogP) is 2.75. The van der Waals surface area contributed by atoms with E-state index in [2.05, 4.69) is 10.00 Å². The summed E-state index contributed by atoms with van der Waals surface area (Å²) in [4.78, 5) is 2.07. The maximum absolute atomic E-state index is 12.7. The molecule has 1 aromatic heterocycles. The first-order chi connectivity index (χ1) is 10.8. The van der Waals surface area contributed by atoms with E-state index in [-0.39, 0.29) is 6.04 Å². The highest BCUT2D eigenvalue weighted by molar-refractivity contribution is 5.28. The van der Waals surface area contributed by atoms with Crippen molar-refractivity contribution in [2.75, 3.05) is 6.54 Å². The number of aliphatic hydroxyl groups is 1. The molecule has 1 N–H and O–H groups in total. The Morgan fingerprint density at radius 3 is 2.52 bits per heavy atom. The fourth-order valence-corrected chi connectivity index (χ4v) is 3.08. The van der Waals surface area contributed by atoms with Gasteiger partial charge in [0.1, 0.15) is 0 Å². The van der Waals surface area contributed by atoms with Gasteiger partial charge in [-0.15, -0.1) is 0 Å². The molecule has 2 atom stereocenters. The van der Waals surface area contributed by atoms with Crippen LogP contribution >= 0.6 is 0 Å². The van der Waals surface area contributed by atoms with Crippen LogP contribution in [-0.4, -0.2) is 32.4 Å². The molecule has 2 aromatic rings. The molecule has 1 aromatic carbocycles. The van der Waals surface area contributed by atoms with Gasteiger partial charge in [-0.1, -0.05) is 12.1 Å². The maximum atomic E-state index is 12.7. The molecule has 2 heterocycles. The highest BCUT2D eigenvalue weighted by atomic mass is 19.4. The van der Waals surface area contributed by atoms with Gasteiger partial charge in [-0.05, 0) is 24.1 Å². The molecule has 0 aliphatic carbocycles. The van der Waals surface area contributed by atoms with Crippen molar-refractivity contribution < 1.29 is 18.3 Å². The quantitative estimate of drug-likeness (QED) is 0.943. The van der Waals surface area contributed by atoms with Crippen molar-refractivity contribution in [2.45, 2.75) is 31.3 Å². The van der Waals surface area contributed by atoms with E-state index in [0.717, 1.165) is 23.3 Å². The van der Waals surface area contributed by atoms with Gasteiger partial charge in [-0.25, -0.2) is 0 Å². The zero-order chi connectivity index (χ0) is 16.6. The van der Waals surface area contributed by atoms with Crippen LogP contribution in [0.4, 0.5) is 13.2 Å². The van der Waals surface area contributed by atoms with Gasteiger partial charge in [-0.3, -0.25) is 9.58 Å². The van der Waals surface area contributed by atoms with Crippen LogP contribution < -0.4 is 0 Å². The van der Waals surface area contributed by atoms with E-state index >= 15 is 0 Å². The molecule has 1 saturated heterocycles. The monoisotopic (exact) mass is 325 g/mol. The Labute approximate surface area is 132 Å². The average Bonchev–Trinajstić information content (AvgIpc) is 3.04. The fraction of sp³-hybridized carbons (Fsp3) is 0.438. The van der Waals surface area contributed by atoms with Crippen molar-refractivity contribution in [1.82, 2.24) is 14.7 Å². The molecule has 4 nitrogen and oxygen atoms in total. The molecule has 2 unspecified atom stereocenters. The van der Waals surface area contributed by atoms with Crippen LogP contribution in [-0.2, 0) is 19.8 Å². The third kappa shape index (κ3) is 3.56. The Bertz CT molecular complexity index is 666. The van der Waals surface area contributed by atoms with Crippen LogP contribution in [0.2, 0.25) is 0 Å². The molecule has 1 fully saturated rings. The fourth-order valence-electron chi connectivity index (χ4n) is 3.08. The smallest absolute Gasteiger partial charge is 0.392 e. The summed E-state index contributed by atoms with van der Waals surface area (Å²) in [6.45, 7) is 1.11. The minimum Gasteiger partial charge on any atom is -0.392 e. The molecule has 7 heteroatoms. The molecule has 124 valence electrons. The van der Waals surface area contributed by atoms with Crippen molar-refractivity contribution in [3.63, 3.8) is 0 Å². The van der Waals surface area contributed by atoms with Gasteiger partial charge in [0.25, 0.3) is 0 Å². The summed E-state index contributed by atoms with van der Waals surface area (Å²) in [6, 6.07) is 5.11. The number of hydrogen-bond donors (Lipinski definition) is 1. The third-order valence-corrected chi connectivity index (χ3v) is 4.15. The molecule has 0 radical (unpaired) electrons. The summed E-state index contributed by atoms with van der Waals surface area (Å²) in [7, 11) is 1.83. The van der Waals surface area contributed by atoms with Gasteiger partial charge in [0.05, 0.1) is 17.9 Å². The number of nitrogens with zero attached hydrogens (tertiary/aromatic N) is 3. The molecule has 3 rings (SSSR count). The van der Waals surface area contributed by atoms with E-state index in [1.54, 1.807) is 10.9 Å². The van der Waals surface area contributed by atoms with E-state index in [1.165, 1.54) is 12.1 Å². The summed E-state index contributed by atoms with van der Waals surface area (Å²) in [5.74, 6) is 0. The first kappa shape index (κ1) is 16.0. The molecular formula is C16H18F3N3O. The summed E-state index contributed by atoms with van der Waals surface area (Å²) in [6.07, 6.45) is -0.628. The Hall–Kier alpha value is -1.86. The van der Waals surface area contributed by atoms with Crippen LogP contribution in [0.1, 0.15) is 29.2 Å². The summed E-state index contributed by atoms with van der Waals surface area (Å²) < 4.78 is 39.7. The van der Waals surface area contributed by atoms with Crippen molar-refractivity contribution in [3.8, 4) is 0 Å². The minimum atomic E-state index is -4.33. The maximum Gasteiger partial charge on any atom is 0.416 e. The largest absolute Gasteiger partial charge is 0.416 e. The molecule has 0 saturated carbocycles. The van der Waals surface area contributed by atoms with Gasteiger partial charge >= 0.3 is 6.18 Å². The van der Waals surface area contributed by atoms with Gasteiger partial charge in [0, 0.05) is 37.9 Å². The second kappa shape index (κ2) is 5.98. The number of benzene rings is 1. The SMILES string of the molecule is Cn1cc(CN2CC(O)CC2c2ccc(C(F)(F)F)cc2)cn1. The summed E-state index contributed by atoms with van der Waals surface area (Å²) >= 11 is 0. The van der Waals surface area contributed by atoms with Crippen LogP contribution in [0.3, 0.4) is 0 Å². The van der Waals surface area contributed by atoms with Crippen molar-refractivity contribution in [3.05, 3.63) is 53.3 Å². The van der Waals surface area contributed by atoms with E-state index in [4.69, 9.17) is 0 Å². The van der Waals surface area contributed by atoms with Gasteiger partial charge < -0.3 is 5.11 Å². The summed E-state index contributed by atoms with van der Waals surface area (Å²) in [5, 5.41) is 14.1. The number of aryl methyl sites for hydroxylation is 1. The zero-order valence-electron chi connectivity index (χ0n) is 12.7. The van der Waals surface area contributed by atoms with Crippen LogP contribution in [0.15, 0.2) is 36.7 Å². The third-order valence-electron chi connectivity index (χ3n) is 4.15. The number of alkyl halides is 3. The van der Waals surface area contributed by atoms with E-state index in [0.29, 0.717) is 19.5 Å². The lowest BCUT2D eigenvalue weighted by Gasteiger charge is -2.24. The zero-order valence-corrected chi connectivity index (χ0v) is 12.7. The normalized spacial score (nSPS) is 22.7. The lowest BCUT2D eigenvalue weighted by Crippen LogP contribution is -2.24. The standard InChI is InChI=1S/C16H18F3N3O/c1-21-8-11(7-20-21)9-22-10-14(23)6-15(22)12-2-4-13(5-3-12)16(17,18)19/h2-5,7-8,14-15,23H,6,9-10H2,1H3. The number of aliphatic hydroxyl groups excluding tert-OH is 1. The molecule has 0 bridgehead atoms. The Kier molecular flexibility index (Phi) is 4.16. The highest BCUT2D eigenvalue weighted by Gasteiger charge is 2.34. The van der Waals surface area contributed by atoms with Crippen molar-refractivity contribution in [2.24, 2.45) is 7.05 Å². The van der Waals surface area contributed by atoms with Crippen LogP contribution in [0.25, 0.3) is 0 Å². The number of likely N-dealkylation sites (tertiary alicyclic amines) is 1. The highest BCUT2D eigenvalue weighted by Crippen LogP contribution is 2.35. The molecule has 0 amide bonds. The lowest BCUT2D eigenvalue weighted by atomic mass is 10.0. The van der Waals surface area contributed by atoms with Crippen molar-refractivity contribution >= 4 is 0 Å². The lowest BCUT2D eigenvalue weighted by molar-refractivity contribution is -0.137. The predicted molar refractivity (Wildman–Crippen MR) is 78.4 cm³/mol. The second-order valence-corrected chi connectivity index (χ2v) is 5.98. The molecule has 23 heavy (non-hydrogen) atoms. The van der Waals surface area contributed by atoms with E-state index in [1.807, 2.05) is 13.2 Å². The Morgan fingerprint density at radius 1 is 1.26 bits per heavy atom. The number of halogens is 3. The summed E-state index contributed by atoms with van der Waals surface area (Å²) in [5.41, 5.74) is 1.15. The minimum absolute atomic E-state index is 0.0903. The molecule has 1 aliphatic rings. The van der Waals surface area contributed by atoms with Crippen LogP contribution in [0, 0.1) is 0 Å². The van der Waals surface area contributed by atoms with Gasteiger partial charge in [0.2, 0.25) is 0 Å². The molecule has 0 spiro atoms. The van der Waals surface area contributed by atoms with Gasteiger partial charge in [0.15, 0.2) is 0 Å². The number of hydrogen-bond acceptors (Lipinski definition) is 3. The van der Waals surface area contributed by atoms with E-state index < -0.39 is 17.8 Å². The number of rotatable bonds is 3. The van der Waals surface area contributed by atoms with Gasteiger partial charge in [-0.2, -0.15) is 18.3 Å². The Morgan fingerprint density at radius 2 is 1.96 bits per heavy atom. The topological polar surface area (TPSA) is 41.3 Å². The second-order valence-electron chi connectivity index (χ2n) is 5.98. The van der Waals surface area contributed by atoms with E-state index in [9.17, 15) is 18.3 Å². The van der Waals surface area contributed by atoms with Crippen LogP contribution in [0.5, 0.6) is 0 Å². The number of aromatic nitrogens is 2. The first-order valence-corrected chi connectivity index (χ1v) is 7.40. The average molecular weight is 325 g/mol. The van der Waals surface area contributed by atoms with Crippen molar-refractivity contribution in [1.29, 1.82) is 0 Å².